The van der Waals surface area contributed by atoms with Gasteiger partial charge in [0.05, 0.1) is 23.9 Å². The molecule has 0 bridgehead atoms. The second-order valence-electron chi connectivity index (χ2n) is 9.46. The van der Waals surface area contributed by atoms with E-state index < -0.39 is 10.7 Å². The first-order valence-electron chi connectivity index (χ1n) is 11.7. The molecule has 3 rings (SSSR count). The predicted molar refractivity (Wildman–Crippen MR) is 116 cm³/mol. The van der Waals surface area contributed by atoms with Gasteiger partial charge in [0.1, 0.15) is 10.7 Å². The van der Waals surface area contributed by atoms with E-state index in [-0.39, 0.29) is 35.4 Å². The predicted octanol–water partition coefficient (Wildman–Crippen LogP) is 3.18. The van der Waals surface area contributed by atoms with Crippen LogP contribution in [0, 0.1) is 11.8 Å². The van der Waals surface area contributed by atoms with Crippen LogP contribution in [0.1, 0.15) is 78.6 Å². The number of ether oxygens (including phenoxy) is 1. The number of thiol groups is 1. The first kappa shape index (κ1) is 23.4. The fourth-order valence-corrected chi connectivity index (χ4v) is 6.73. The lowest BCUT2D eigenvalue weighted by molar-refractivity contribution is -0.142. The van der Waals surface area contributed by atoms with Gasteiger partial charge >= 0.3 is 6.09 Å². The smallest absolute Gasteiger partial charge is 0.410 e. The lowest BCUT2D eigenvalue weighted by atomic mass is 9.69. The highest BCUT2D eigenvalue weighted by molar-refractivity contribution is 7.73. The summed E-state index contributed by atoms with van der Waals surface area (Å²) in [6, 6.07) is 0.0309. The molecule has 3 unspecified atom stereocenters. The van der Waals surface area contributed by atoms with Gasteiger partial charge in [0.15, 0.2) is 0 Å². The van der Waals surface area contributed by atoms with E-state index in [2.05, 4.69) is 6.92 Å². The number of fused-ring (bicyclic) bond motifs is 1. The number of carbonyl (C=O) groups is 2. The SMILES string of the molecule is CCCCOC(=O)N1C[C@H](C)N(C(C)=O)C2CCC(C3CCC([SH](=O)=O)CC3)CC21. The second-order valence-corrected chi connectivity index (χ2v) is 10.8. The van der Waals surface area contributed by atoms with Crippen LogP contribution in [0.25, 0.3) is 0 Å². The largest absolute Gasteiger partial charge is 0.449 e. The minimum atomic E-state index is -2.32. The number of piperazine rings is 1. The Morgan fingerprint density at radius 3 is 2.27 bits per heavy atom. The van der Waals surface area contributed by atoms with E-state index in [0.29, 0.717) is 25.0 Å². The third kappa shape index (κ3) is 5.11. The maximum atomic E-state index is 12.9. The summed E-state index contributed by atoms with van der Waals surface area (Å²) in [6.45, 7) is 6.67. The number of unbranched alkanes of at least 4 members (excludes halogenated alkanes) is 1. The monoisotopic (exact) mass is 442 g/mol. The molecule has 8 heteroatoms. The van der Waals surface area contributed by atoms with Crippen molar-refractivity contribution in [3.05, 3.63) is 0 Å². The minimum Gasteiger partial charge on any atom is -0.449 e. The van der Waals surface area contributed by atoms with Gasteiger partial charge in [-0.1, -0.05) is 13.3 Å². The summed E-state index contributed by atoms with van der Waals surface area (Å²) in [6.07, 6.45) is 7.81. The van der Waals surface area contributed by atoms with Gasteiger partial charge in [-0.05, 0) is 70.1 Å². The lowest BCUT2D eigenvalue weighted by Crippen LogP contribution is -2.67. The molecule has 1 heterocycles. The van der Waals surface area contributed by atoms with E-state index in [0.717, 1.165) is 57.8 Å². The number of hydrogen-bond acceptors (Lipinski definition) is 5. The third-order valence-corrected chi connectivity index (χ3v) is 8.66. The van der Waals surface area contributed by atoms with Crippen molar-refractivity contribution in [1.82, 2.24) is 9.80 Å². The molecule has 0 N–H and O–H groups in total. The van der Waals surface area contributed by atoms with Gasteiger partial charge in [-0.3, -0.25) is 4.79 Å². The van der Waals surface area contributed by atoms with Crippen molar-refractivity contribution < 1.29 is 22.7 Å². The van der Waals surface area contributed by atoms with Crippen molar-refractivity contribution in [1.29, 1.82) is 0 Å². The molecule has 172 valence electrons. The number of rotatable bonds is 5. The molecule has 2 aliphatic carbocycles. The zero-order valence-corrected chi connectivity index (χ0v) is 19.5. The molecule has 0 aromatic rings. The topological polar surface area (TPSA) is 84.0 Å². The molecule has 3 fully saturated rings. The first-order chi connectivity index (χ1) is 14.3. The minimum absolute atomic E-state index is 0.00756. The summed E-state index contributed by atoms with van der Waals surface area (Å²) in [5.41, 5.74) is 0. The standard InChI is InChI=1S/C22H38N2O5S/c1-4-5-12-29-22(26)23-14-15(2)24(16(3)25)20-11-8-18(13-21(20)23)17-6-9-19(10-7-17)30(27)28/h15,17-21,30H,4-14H2,1-3H3/t15-,17?,18?,19?,20?,21?/m0/s1. The number of hydrogen-bond donors (Lipinski definition) is 1. The normalized spacial score (nSPS) is 34.5. The zero-order chi connectivity index (χ0) is 21.8. The van der Waals surface area contributed by atoms with Crippen LogP contribution >= 0.6 is 0 Å². The Morgan fingerprint density at radius 1 is 1.00 bits per heavy atom. The number of nitrogens with zero attached hydrogens (tertiary/aromatic N) is 2. The van der Waals surface area contributed by atoms with E-state index in [1.165, 1.54) is 0 Å². The molecule has 0 aromatic carbocycles. The maximum absolute atomic E-state index is 12.9. The van der Waals surface area contributed by atoms with Crippen molar-refractivity contribution in [2.75, 3.05) is 13.2 Å². The zero-order valence-electron chi connectivity index (χ0n) is 18.6. The second kappa shape index (κ2) is 10.3. The molecule has 1 saturated heterocycles. The van der Waals surface area contributed by atoms with Crippen molar-refractivity contribution in [3.63, 3.8) is 0 Å². The highest BCUT2D eigenvalue weighted by Crippen LogP contribution is 2.43. The van der Waals surface area contributed by atoms with Gasteiger partial charge in [0.2, 0.25) is 5.91 Å². The van der Waals surface area contributed by atoms with Gasteiger partial charge in [-0.2, -0.15) is 0 Å². The highest BCUT2D eigenvalue weighted by atomic mass is 32.2. The first-order valence-corrected chi connectivity index (χ1v) is 12.9. The van der Waals surface area contributed by atoms with Crippen LogP contribution in [0.3, 0.4) is 0 Å². The third-order valence-electron chi connectivity index (χ3n) is 7.54. The Labute approximate surface area is 182 Å². The van der Waals surface area contributed by atoms with Crippen LogP contribution in [0.4, 0.5) is 4.79 Å². The van der Waals surface area contributed by atoms with E-state index in [1.54, 1.807) is 6.92 Å². The molecule has 0 aromatic heterocycles. The van der Waals surface area contributed by atoms with Gasteiger partial charge in [0, 0.05) is 19.5 Å². The van der Waals surface area contributed by atoms with Crippen molar-refractivity contribution in [2.24, 2.45) is 11.8 Å². The van der Waals surface area contributed by atoms with Crippen molar-refractivity contribution in [2.45, 2.75) is 102 Å². The lowest BCUT2D eigenvalue weighted by Gasteiger charge is -2.54. The molecule has 4 atom stereocenters. The molecule has 2 saturated carbocycles. The molecule has 1 aliphatic heterocycles. The highest BCUT2D eigenvalue weighted by Gasteiger charge is 2.48. The average Bonchev–Trinajstić information content (AvgIpc) is 2.72. The van der Waals surface area contributed by atoms with E-state index in [9.17, 15) is 18.0 Å². The molecule has 0 radical (unpaired) electrons. The van der Waals surface area contributed by atoms with Crippen LogP contribution in [-0.2, 0) is 20.2 Å². The molecule has 30 heavy (non-hydrogen) atoms. The number of amides is 2. The van der Waals surface area contributed by atoms with Crippen molar-refractivity contribution in [3.8, 4) is 0 Å². The molecular weight excluding hydrogens is 404 g/mol. The average molecular weight is 443 g/mol. The van der Waals surface area contributed by atoms with Crippen LogP contribution in [0.15, 0.2) is 0 Å². The molecule has 2 amide bonds. The van der Waals surface area contributed by atoms with Gasteiger partial charge in [0.25, 0.3) is 0 Å². The van der Waals surface area contributed by atoms with Crippen LogP contribution in [-0.4, -0.2) is 66.7 Å². The van der Waals surface area contributed by atoms with Gasteiger partial charge in [-0.25, -0.2) is 13.2 Å². The molecular formula is C22H38N2O5S. The molecule has 3 aliphatic rings. The van der Waals surface area contributed by atoms with Crippen LogP contribution in [0.5, 0.6) is 0 Å². The Balaban J connectivity index is 1.72. The summed E-state index contributed by atoms with van der Waals surface area (Å²) in [5.74, 6) is 1.07. The summed E-state index contributed by atoms with van der Waals surface area (Å²) >= 11 is 0. The fourth-order valence-electron chi connectivity index (χ4n) is 6.01. The van der Waals surface area contributed by atoms with Crippen LogP contribution in [0.2, 0.25) is 0 Å². The summed E-state index contributed by atoms with van der Waals surface area (Å²) in [7, 11) is -2.32. The Hall–Kier alpha value is -1.31. The Morgan fingerprint density at radius 2 is 1.67 bits per heavy atom. The quantitative estimate of drug-likeness (QED) is 0.522. The maximum Gasteiger partial charge on any atom is 0.410 e. The fraction of sp³-hybridized carbons (Fsp3) is 0.909. The van der Waals surface area contributed by atoms with E-state index >= 15 is 0 Å². The summed E-state index contributed by atoms with van der Waals surface area (Å²) in [4.78, 5) is 29.1. The van der Waals surface area contributed by atoms with Crippen LogP contribution < -0.4 is 0 Å². The number of carbonyl (C=O) groups excluding carboxylic acids is 2. The van der Waals surface area contributed by atoms with Gasteiger partial charge in [-0.15, -0.1) is 0 Å². The summed E-state index contributed by atoms with van der Waals surface area (Å²) in [5, 5.41) is -0.165. The molecule has 0 spiro atoms. The molecule has 7 nitrogen and oxygen atoms in total. The Bertz CT molecular complexity index is 681. The van der Waals surface area contributed by atoms with E-state index in [4.69, 9.17) is 4.74 Å². The Kier molecular flexibility index (Phi) is 8.04. The van der Waals surface area contributed by atoms with Gasteiger partial charge < -0.3 is 14.5 Å². The van der Waals surface area contributed by atoms with Crippen molar-refractivity contribution >= 4 is 22.7 Å². The summed E-state index contributed by atoms with van der Waals surface area (Å²) < 4.78 is 28.2. The van der Waals surface area contributed by atoms with E-state index in [1.807, 2.05) is 16.7 Å².